The number of anilines is 1. The minimum absolute atomic E-state index is 0.122. The number of aryl methyl sites for hydroxylation is 2. The SMILES string of the molecule is CCCc1nc(N2CCCN(C(=O)Cc3ccc(OC)cc3)CC2)c2c(C)nn(-c3ccc(F)cc3)c2n1. The maximum absolute atomic E-state index is 13.6. The zero-order valence-electron chi connectivity index (χ0n) is 22.2. The van der Waals surface area contributed by atoms with Crippen molar-refractivity contribution >= 4 is 22.8 Å². The Hall–Kier alpha value is -4.01. The zero-order chi connectivity index (χ0) is 26.6. The van der Waals surface area contributed by atoms with Gasteiger partial charge < -0.3 is 14.5 Å². The number of carbonyl (C=O) groups excluding carboxylic acids is 1. The van der Waals surface area contributed by atoms with E-state index < -0.39 is 0 Å². The van der Waals surface area contributed by atoms with Crippen molar-refractivity contribution in [3.05, 3.63) is 71.4 Å². The van der Waals surface area contributed by atoms with Crippen LogP contribution in [-0.2, 0) is 17.6 Å². The van der Waals surface area contributed by atoms with Crippen LogP contribution in [0.3, 0.4) is 0 Å². The molecule has 0 atom stereocenters. The summed E-state index contributed by atoms with van der Waals surface area (Å²) in [7, 11) is 1.63. The van der Waals surface area contributed by atoms with E-state index in [1.165, 1.54) is 12.1 Å². The largest absolute Gasteiger partial charge is 0.497 e. The van der Waals surface area contributed by atoms with Gasteiger partial charge in [-0.1, -0.05) is 19.1 Å². The molecule has 1 amide bonds. The molecule has 198 valence electrons. The zero-order valence-corrected chi connectivity index (χ0v) is 22.2. The molecule has 5 rings (SSSR count). The fraction of sp³-hybridized carbons (Fsp3) is 0.379. The molecular weight excluding hydrogens is 483 g/mol. The molecule has 2 aromatic heterocycles. The Morgan fingerprint density at radius 2 is 1.76 bits per heavy atom. The molecule has 4 aromatic rings. The van der Waals surface area contributed by atoms with Crippen molar-refractivity contribution in [2.75, 3.05) is 38.2 Å². The van der Waals surface area contributed by atoms with E-state index in [0.29, 0.717) is 26.1 Å². The predicted molar refractivity (Wildman–Crippen MR) is 145 cm³/mol. The molecule has 8 nitrogen and oxygen atoms in total. The summed E-state index contributed by atoms with van der Waals surface area (Å²) in [4.78, 5) is 27.2. The Kier molecular flexibility index (Phi) is 7.53. The van der Waals surface area contributed by atoms with Gasteiger partial charge in [0.25, 0.3) is 0 Å². The van der Waals surface area contributed by atoms with Crippen molar-refractivity contribution in [3.8, 4) is 11.4 Å². The second-order valence-corrected chi connectivity index (χ2v) is 9.63. The number of rotatable bonds is 7. The van der Waals surface area contributed by atoms with Crippen LogP contribution in [0.25, 0.3) is 16.7 Å². The first kappa shape index (κ1) is 25.6. The lowest BCUT2D eigenvalue weighted by molar-refractivity contribution is -0.130. The number of methoxy groups -OCH3 is 1. The van der Waals surface area contributed by atoms with Crippen molar-refractivity contribution in [1.82, 2.24) is 24.6 Å². The number of fused-ring (bicyclic) bond motifs is 1. The molecular formula is C29H33FN6O2. The molecule has 1 aliphatic rings. The van der Waals surface area contributed by atoms with E-state index in [1.807, 2.05) is 36.1 Å². The van der Waals surface area contributed by atoms with Gasteiger partial charge in [0.1, 0.15) is 23.2 Å². The standard InChI is InChI=1S/C29H33FN6O2/c1-4-6-25-31-28(27-20(2)33-36(29(27)32-25)23-11-9-22(30)10-12-23)35-16-5-15-34(17-18-35)26(37)19-21-7-13-24(38-3)14-8-21/h7-14H,4-6,15-19H2,1-3H3. The second kappa shape index (κ2) is 11.2. The van der Waals surface area contributed by atoms with Crippen LogP contribution >= 0.6 is 0 Å². The maximum atomic E-state index is 13.6. The lowest BCUT2D eigenvalue weighted by Gasteiger charge is -2.24. The van der Waals surface area contributed by atoms with E-state index in [0.717, 1.165) is 71.2 Å². The summed E-state index contributed by atoms with van der Waals surface area (Å²) in [5.74, 6) is 2.23. The molecule has 0 saturated carbocycles. The fourth-order valence-corrected chi connectivity index (χ4v) is 4.94. The lowest BCUT2D eigenvalue weighted by Crippen LogP contribution is -2.36. The van der Waals surface area contributed by atoms with Gasteiger partial charge in [-0.2, -0.15) is 5.10 Å². The summed E-state index contributed by atoms with van der Waals surface area (Å²) in [6.45, 7) is 6.84. The number of halogens is 1. The third kappa shape index (κ3) is 5.32. The van der Waals surface area contributed by atoms with E-state index in [2.05, 4.69) is 11.8 Å². The number of hydrogen-bond acceptors (Lipinski definition) is 6. The van der Waals surface area contributed by atoms with Gasteiger partial charge in [0.2, 0.25) is 5.91 Å². The molecule has 1 aliphatic heterocycles. The number of ether oxygens (including phenoxy) is 1. The first-order chi connectivity index (χ1) is 18.5. The molecule has 3 heterocycles. The van der Waals surface area contributed by atoms with E-state index >= 15 is 0 Å². The molecule has 9 heteroatoms. The molecule has 0 N–H and O–H groups in total. The number of amides is 1. The Labute approximate surface area is 222 Å². The first-order valence-corrected chi connectivity index (χ1v) is 13.1. The van der Waals surface area contributed by atoms with Crippen LogP contribution in [0.2, 0.25) is 0 Å². The van der Waals surface area contributed by atoms with Crippen molar-refractivity contribution in [2.45, 2.75) is 39.5 Å². The van der Waals surface area contributed by atoms with Crippen molar-refractivity contribution < 1.29 is 13.9 Å². The van der Waals surface area contributed by atoms with E-state index in [9.17, 15) is 9.18 Å². The highest BCUT2D eigenvalue weighted by Crippen LogP contribution is 2.30. The van der Waals surface area contributed by atoms with Gasteiger partial charge in [-0.25, -0.2) is 19.0 Å². The van der Waals surface area contributed by atoms with Gasteiger partial charge in [-0.05, 0) is 61.7 Å². The maximum Gasteiger partial charge on any atom is 0.227 e. The summed E-state index contributed by atoms with van der Waals surface area (Å²) in [6, 6.07) is 13.9. The molecule has 0 spiro atoms. The van der Waals surface area contributed by atoms with Crippen LogP contribution in [-0.4, -0.2) is 63.8 Å². The Bertz CT molecular complexity index is 1420. The number of carbonyl (C=O) groups is 1. The van der Waals surface area contributed by atoms with E-state index in [1.54, 1.807) is 23.9 Å². The number of nitrogens with zero attached hydrogens (tertiary/aromatic N) is 6. The van der Waals surface area contributed by atoms with E-state index in [-0.39, 0.29) is 11.7 Å². The summed E-state index contributed by atoms with van der Waals surface area (Å²) in [5, 5.41) is 5.66. The summed E-state index contributed by atoms with van der Waals surface area (Å²) >= 11 is 0. The molecule has 2 aromatic carbocycles. The minimum Gasteiger partial charge on any atom is -0.497 e. The van der Waals surface area contributed by atoms with Gasteiger partial charge in [0.05, 0.1) is 30.3 Å². The topological polar surface area (TPSA) is 76.4 Å². The van der Waals surface area contributed by atoms with Gasteiger partial charge >= 0.3 is 0 Å². The average Bonchev–Trinajstić information content (AvgIpc) is 3.09. The molecule has 1 saturated heterocycles. The number of hydrogen-bond donors (Lipinski definition) is 0. The highest BCUT2D eigenvalue weighted by Gasteiger charge is 2.25. The molecule has 0 radical (unpaired) electrons. The Morgan fingerprint density at radius 3 is 2.47 bits per heavy atom. The molecule has 0 unspecified atom stereocenters. The quantitative estimate of drug-likeness (QED) is 0.360. The number of aromatic nitrogens is 4. The van der Waals surface area contributed by atoms with Crippen molar-refractivity contribution in [2.24, 2.45) is 0 Å². The predicted octanol–water partition coefficient (Wildman–Crippen LogP) is 4.51. The summed E-state index contributed by atoms with van der Waals surface area (Å²) in [5.41, 5.74) is 3.27. The third-order valence-corrected chi connectivity index (χ3v) is 6.94. The third-order valence-electron chi connectivity index (χ3n) is 6.94. The van der Waals surface area contributed by atoms with Crippen molar-refractivity contribution in [3.63, 3.8) is 0 Å². The van der Waals surface area contributed by atoms with Gasteiger partial charge in [-0.15, -0.1) is 0 Å². The van der Waals surface area contributed by atoms with Gasteiger partial charge in [0.15, 0.2) is 5.65 Å². The first-order valence-electron chi connectivity index (χ1n) is 13.1. The average molecular weight is 517 g/mol. The Balaban J connectivity index is 1.41. The van der Waals surface area contributed by atoms with E-state index in [4.69, 9.17) is 19.8 Å². The van der Waals surface area contributed by atoms with Crippen LogP contribution in [0.15, 0.2) is 48.5 Å². The molecule has 0 bridgehead atoms. The lowest BCUT2D eigenvalue weighted by atomic mass is 10.1. The minimum atomic E-state index is -0.292. The molecule has 38 heavy (non-hydrogen) atoms. The van der Waals surface area contributed by atoms with Gasteiger partial charge in [-0.3, -0.25) is 4.79 Å². The summed E-state index contributed by atoms with van der Waals surface area (Å²) < 4.78 is 20.6. The van der Waals surface area contributed by atoms with Crippen LogP contribution in [0, 0.1) is 12.7 Å². The molecule has 1 fully saturated rings. The van der Waals surface area contributed by atoms with Crippen LogP contribution in [0.5, 0.6) is 5.75 Å². The van der Waals surface area contributed by atoms with Gasteiger partial charge in [0, 0.05) is 32.6 Å². The van der Waals surface area contributed by atoms with Crippen LogP contribution < -0.4 is 9.64 Å². The summed E-state index contributed by atoms with van der Waals surface area (Å²) in [6.07, 6.45) is 2.87. The highest BCUT2D eigenvalue weighted by atomic mass is 19.1. The monoisotopic (exact) mass is 516 g/mol. The second-order valence-electron chi connectivity index (χ2n) is 9.63. The van der Waals surface area contributed by atoms with Crippen LogP contribution in [0.1, 0.15) is 36.8 Å². The number of benzene rings is 2. The van der Waals surface area contributed by atoms with Crippen molar-refractivity contribution in [1.29, 1.82) is 0 Å². The molecule has 0 aliphatic carbocycles. The highest BCUT2D eigenvalue weighted by molar-refractivity contribution is 5.91. The fourth-order valence-electron chi connectivity index (χ4n) is 4.94. The van der Waals surface area contributed by atoms with Crippen LogP contribution in [0.4, 0.5) is 10.2 Å². The Morgan fingerprint density at radius 1 is 1.00 bits per heavy atom. The normalized spacial score (nSPS) is 14.1. The smallest absolute Gasteiger partial charge is 0.227 e.